The first-order valence-corrected chi connectivity index (χ1v) is 21.4. The van der Waals surface area contributed by atoms with Crippen molar-refractivity contribution in [3.8, 4) is 0 Å². The van der Waals surface area contributed by atoms with Crippen LogP contribution in [0, 0.1) is 23.0 Å². The number of rotatable bonds is 15. The van der Waals surface area contributed by atoms with Gasteiger partial charge in [-0.05, 0) is 58.4 Å². The maximum atomic E-state index is 14.1. The molecule has 0 amide bonds. The van der Waals surface area contributed by atoms with E-state index < -0.39 is 114 Å². The van der Waals surface area contributed by atoms with Crippen molar-refractivity contribution >= 4 is 24.0 Å². The number of hydrogen-bond donors (Lipinski definition) is 1. The van der Waals surface area contributed by atoms with Crippen LogP contribution in [0.25, 0.3) is 0 Å². The lowest BCUT2D eigenvalue weighted by atomic mass is 9.83. The van der Waals surface area contributed by atoms with Crippen molar-refractivity contribution in [3.05, 3.63) is 29.5 Å². The Morgan fingerprint density at radius 3 is 2.35 bits per heavy atom. The van der Waals surface area contributed by atoms with Gasteiger partial charge in [-0.15, -0.1) is 0 Å². The summed E-state index contributed by atoms with van der Waals surface area (Å²) in [6.45, 7) is 15.3. The largest absolute Gasteiger partial charge is 0.633 e. The quantitative estimate of drug-likeness (QED) is 0.103. The minimum absolute atomic E-state index is 0.0231. The van der Waals surface area contributed by atoms with Gasteiger partial charge < -0.3 is 62.4 Å². The molecule has 0 aromatic carbocycles. The van der Waals surface area contributed by atoms with E-state index in [0.29, 0.717) is 25.2 Å². The molecule has 3 heterocycles. The third kappa shape index (κ3) is 14.5. The van der Waals surface area contributed by atoms with Gasteiger partial charge in [-0.1, -0.05) is 45.9 Å². The number of aldehydes is 1. The molecule has 0 aromatic heterocycles. The molecule has 0 bridgehead atoms. The lowest BCUT2D eigenvalue weighted by Gasteiger charge is -2.54. The van der Waals surface area contributed by atoms with Crippen LogP contribution in [0.5, 0.6) is 0 Å². The summed E-state index contributed by atoms with van der Waals surface area (Å²) in [6, 6.07) is -1.20. The molecule has 3 aliphatic rings. The minimum Gasteiger partial charge on any atom is -0.633 e. The highest BCUT2D eigenvalue weighted by Gasteiger charge is 2.55. The van der Waals surface area contributed by atoms with Crippen LogP contribution >= 0.6 is 0 Å². The number of hydrogen-bond acceptors (Lipinski definition) is 15. The number of carbonyl (C=O) groups excluding carboxylic acids is 4. The standard InChI is InChI=1S/C44H73NO15/c1-13-34(48)58-33-24-35(49)55-28(5)17-15-14-16-18-32(47)27(4)23-31(19-21-46)40(41(33)52-11)60-43-38(50)37(45(9,10)51)39(29(6)57-43)59-36-25-44(8,53-12)42(30(7)56-36)54-22-20-26(2)3/h14-16,18,21,26-31,33,36-43,50H,13,17,19-20,22-25H2,1-12H3/b15-14+,18-16+/t27-,28-,29-,30+,31+,33-,36-,37-,38-,39-,40+,41+,42+,43+,44-/m1/s1. The van der Waals surface area contributed by atoms with Crippen molar-refractivity contribution in [1.82, 2.24) is 0 Å². The average molecular weight is 856 g/mol. The molecule has 16 heteroatoms. The molecule has 344 valence electrons. The van der Waals surface area contributed by atoms with Crippen LogP contribution in [0.2, 0.25) is 0 Å². The van der Waals surface area contributed by atoms with Gasteiger partial charge in [0, 0.05) is 52.4 Å². The van der Waals surface area contributed by atoms with Gasteiger partial charge in [0.15, 0.2) is 24.5 Å². The Balaban J connectivity index is 2.04. The van der Waals surface area contributed by atoms with Gasteiger partial charge >= 0.3 is 11.9 Å². The molecule has 16 nitrogen and oxygen atoms in total. The Morgan fingerprint density at radius 2 is 1.75 bits per heavy atom. The zero-order valence-electron chi connectivity index (χ0n) is 37.8. The SMILES string of the molecule is CCC(=O)O[C@@H]1CC(=O)O[C@H](C)C/C=C/C=C/C(=O)[C@H](C)C[C@H](CC=O)[C@H](O[C@@H]2O[C@H](C)[C@@H](O[C@@H]3C[C@@](C)(OC)[C@@H](OCCC(C)C)[C@H](C)O3)[C@H]([N+](C)(C)[O-])[C@H]2O)[C@H]1OC. The first kappa shape index (κ1) is 51.7. The number of quaternary nitrogens is 1. The fourth-order valence-electron chi connectivity index (χ4n) is 8.32. The third-order valence-corrected chi connectivity index (χ3v) is 11.7. The number of aliphatic hydroxyl groups excluding tert-OH is 1. The number of esters is 2. The second-order valence-corrected chi connectivity index (χ2v) is 17.6. The number of cyclic esters (lactones) is 1. The zero-order chi connectivity index (χ0) is 44.9. The second kappa shape index (κ2) is 23.7. The molecule has 15 atom stereocenters. The van der Waals surface area contributed by atoms with Crippen LogP contribution < -0.4 is 0 Å². The van der Waals surface area contributed by atoms with Crippen LogP contribution in [0.4, 0.5) is 0 Å². The molecule has 2 saturated heterocycles. The summed E-state index contributed by atoms with van der Waals surface area (Å²) in [5.41, 5.74) is -0.806. The van der Waals surface area contributed by atoms with Crippen molar-refractivity contribution in [2.45, 2.75) is 179 Å². The summed E-state index contributed by atoms with van der Waals surface area (Å²) < 4.78 is 54.6. The normalized spacial score (nSPS) is 38.9. The zero-order valence-corrected chi connectivity index (χ0v) is 37.8. The number of allylic oxidation sites excluding steroid dienone is 3. The van der Waals surface area contributed by atoms with E-state index in [0.717, 1.165) is 6.42 Å². The van der Waals surface area contributed by atoms with Gasteiger partial charge in [0.05, 0.1) is 44.4 Å². The monoisotopic (exact) mass is 855 g/mol. The van der Waals surface area contributed by atoms with Gasteiger partial charge in [-0.25, -0.2) is 0 Å². The van der Waals surface area contributed by atoms with Gasteiger partial charge in [-0.3, -0.25) is 14.4 Å². The molecule has 1 N–H and O–H groups in total. The highest BCUT2D eigenvalue weighted by molar-refractivity contribution is 5.91. The van der Waals surface area contributed by atoms with E-state index in [1.807, 2.05) is 13.8 Å². The Morgan fingerprint density at radius 1 is 1.05 bits per heavy atom. The average Bonchev–Trinajstić information content (AvgIpc) is 3.15. The van der Waals surface area contributed by atoms with Crippen LogP contribution in [-0.2, 0) is 61.8 Å². The first-order chi connectivity index (χ1) is 28.2. The van der Waals surface area contributed by atoms with Crippen molar-refractivity contribution in [1.29, 1.82) is 0 Å². The molecule has 0 saturated carbocycles. The number of methoxy groups -OCH3 is 2. The predicted octanol–water partition coefficient (Wildman–Crippen LogP) is 4.75. The van der Waals surface area contributed by atoms with E-state index in [1.165, 1.54) is 27.3 Å². The molecule has 60 heavy (non-hydrogen) atoms. The van der Waals surface area contributed by atoms with Gasteiger partial charge in [0.25, 0.3) is 0 Å². The maximum Gasteiger partial charge on any atom is 0.309 e. The number of ketones is 1. The van der Waals surface area contributed by atoms with E-state index >= 15 is 0 Å². The highest BCUT2D eigenvalue weighted by atomic mass is 16.7. The fraction of sp³-hybridized carbons (Fsp3) is 0.818. The van der Waals surface area contributed by atoms with Crippen LogP contribution in [0.1, 0.15) is 100 Å². The van der Waals surface area contributed by atoms with E-state index in [-0.39, 0.29) is 31.5 Å². The second-order valence-electron chi connectivity index (χ2n) is 17.6. The van der Waals surface area contributed by atoms with Crippen molar-refractivity contribution in [2.75, 3.05) is 34.9 Å². The topological polar surface area (TPSA) is 195 Å². The van der Waals surface area contributed by atoms with E-state index in [2.05, 4.69) is 13.8 Å². The number of carbonyl (C=O) groups is 4. The van der Waals surface area contributed by atoms with E-state index in [1.54, 1.807) is 53.0 Å². The van der Waals surface area contributed by atoms with Gasteiger partial charge in [-0.2, -0.15) is 0 Å². The molecular weight excluding hydrogens is 782 g/mol. The highest BCUT2D eigenvalue weighted by Crippen LogP contribution is 2.39. The molecule has 0 radical (unpaired) electrons. The molecule has 3 aliphatic heterocycles. The van der Waals surface area contributed by atoms with Gasteiger partial charge in [0.2, 0.25) is 0 Å². The number of hydroxylamine groups is 3. The Kier molecular flexibility index (Phi) is 20.4. The molecular formula is C44H73NO15. The Hall–Kier alpha value is -2.64. The fourth-order valence-corrected chi connectivity index (χ4v) is 8.32. The maximum absolute atomic E-state index is 14.1. The van der Waals surface area contributed by atoms with Crippen LogP contribution in [-0.4, -0.2) is 148 Å². The number of nitrogens with zero attached hydrogens (tertiary/aromatic N) is 1. The smallest absolute Gasteiger partial charge is 0.309 e. The molecule has 3 rings (SSSR count). The van der Waals surface area contributed by atoms with Crippen molar-refractivity contribution in [2.24, 2.45) is 17.8 Å². The minimum atomic E-state index is -1.63. The summed E-state index contributed by atoms with van der Waals surface area (Å²) in [5.74, 6) is -2.48. The summed E-state index contributed by atoms with van der Waals surface area (Å²) in [6.07, 6.45) is -2.93. The predicted molar refractivity (Wildman–Crippen MR) is 220 cm³/mol. The summed E-state index contributed by atoms with van der Waals surface area (Å²) in [7, 11) is 5.70. The van der Waals surface area contributed by atoms with E-state index in [9.17, 15) is 29.5 Å². The molecule has 0 aliphatic carbocycles. The Bertz CT molecular complexity index is 1430. The van der Waals surface area contributed by atoms with Crippen molar-refractivity contribution in [3.63, 3.8) is 0 Å². The van der Waals surface area contributed by atoms with Gasteiger partial charge in [0.1, 0.15) is 42.8 Å². The third-order valence-electron chi connectivity index (χ3n) is 11.7. The van der Waals surface area contributed by atoms with Crippen LogP contribution in [0.3, 0.4) is 0 Å². The van der Waals surface area contributed by atoms with Crippen molar-refractivity contribution < 1.29 is 71.6 Å². The molecule has 2 fully saturated rings. The summed E-state index contributed by atoms with van der Waals surface area (Å²) in [4.78, 5) is 51.9. The summed E-state index contributed by atoms with van der Waals surface area (Å²) >= 11 is 0. The number of likely N-dealkylation sites (N-methyl/N-ethyl adjacent to an activating group) is 1. The number of aliphatic hydroxyl groups is 1. The first-order valence-electron chi connectivity index (χ1n) is 21.4. The number of ether oxygens (including phenoxy) is 9. The van der Waals surface area contributed by atoms with E-state index in [4.69, 9.17) is 42.6 Å². The Labute approximate surface area is 356 Å². The summed E-state index contributed by atoms with van der Waals surface area (Å²) in [5, 5.41) is 26.2. The lowest BCUT2D eigenvalue weighted by Crippen LogP contribution is -2.69. The lowest BCUT2D eigenvalue weighted by molar-refractivity contribution is -0.879. The molecule has 0 aromatic rings. The van der Waals surface area contributed by atoms with Crippen LogP contribution in [0.15, 0.2) is 24.3 Å². The molecule has 0 unspecified atom stereocenters. The molecule has 0 spiro atoms.